The van der Waals surface area contributed by atoms with Crippen LogP contribution in [0.3, 0.4) is 0 Å². The lowest BCUT2D eigenvalue weighted by atomic mass is 10.2. The maximum Gasteiger partial charge on any atom is 0.123 e. The van der Waals surface area contributed by atoms with Crippen LogP contribution in [0.15, 0.2) is 77.8 Å². The molecule has 0 aromatic heterocycles. The third kappa shape index (κ3) is 4.53. The monoisotopic (exact) mass is 319 g/mol. The van der Waals surface area contributed by atoms with Gasteiger partial charge in [-0.15, -0.1) is 0 Å². The van der Waals surface area contributed by atoms with E-state index >= 15 is 0 Å². The fraction of sp³-hybridized carbons (Fsp3) is 0.0952. The van der Waals surface area contributed by atoms with Crippen LogP contribution in [0.4, 0.5) is 10.1 Å². The van der Waals surface area contributed by atoms with Gasteiger partial charge in [-0.05, 0) is 54.4 Å². The van der Waals surface area contributed by atoms with Crippen LogP contribution in [-0.2, 0) is 6.61 Å². The molecule has 0 aliphatic rings. The minimum Gasteiger partial charge on any atom is -0.489 e. The van der Waals surface area contributed by atoms with Crippen molar-refractivity contribution in [2.45, 2.75) is 13.5 Å². The van der Waals surface area contributed by atoms with Crippen molar-refractivity contribution in [3.63, 3.8) is 0 Å². The Balaban J connectivity index is 1.66. The van der Waals surface area contributed by atoms with E-state index in [1.165, 1.54) is 17.7 Å². The number of ether oxygens (including phenoxy) is 1. The van der Waals surface area contributed by atoms with E-state index in [0.717, 1.165) is 22.6 Å². The number of hydrogen-bond donors (Lipinski definition) is 0. The molecule has 0 fully saturated rings. The molecule has 0 unspecified atom stereocenters. The summed E-state index contributed by atoms with van der Waals surface area (Å²) in [5, 5.41) is 0. The summed E-state index contributed by atoms with van der Waals surface area (Å²) in [6, 6.07) is 22.1. The first-order valence-corrected chi connectivity index (χ1v) is 7.77. The molecule has 0 saturated heterocycles. The van der Waals surface area contributed by atoms with Crippen molar-refractivity contribution < 1.29 is 9.13 Å². The molecule has 3 rings (SSSR count). The Bertz CT molecular complexity index is 840. The predicted octanol–water partition coefficient (Wildman–Crippen LogP) is 5.46. The molecule has 0 aliphatic heterocycles. The summed E-state index contributed by atoms with van der Waals surface area (Å²) in [4.78, 5) is 4.46. The number of benzene rings is 3. The van der Waals surface area contributed by atoms with Crippen LogP contribution < -0.4 is 4.74 Å². The van der Waals surface area contributed by atoms with Gasteiger partial charge in [-0.2, -0.15) is 0 Å². The van der Waals surface area contributed by atoms with Crippen molar-refractivity contribution in [3.8, 4) is 5.75 Å². The second-order valence-electron chi connectivity index (χ2n) is 5.58. The highest BCUT2D eigenvalue weighted by atomic mass is 19.1. The Morgan fingerprint density at radius 2 is 1.75 bits per heavy atom. The second-order valence-corrected chi connectivity index (χ2v) is 5.58. The van der Waals surface area contributed by atoms with Crippen LogP contribution in [0.1, 0.15) is 16.7 Å². The zero-order valence-corrected chi connectivity index (χ0v) is 13.4. The molecule has 0 aliphatic carbocycles. The Labute approximate surface area is 141 Å². The van der Waals surface area contributed by atoms with Gasteiger partial charge in [0.15, 0.2) is 0 Å². The fourth-order valence-electron chi connectivity index (χ4n) is 2.26. The highest BCUT2D eigenvalue weighted by Crippen LogP contribution is 2.16. The van der Waals surface area contributed by atoms with Gasteiger partial charge in [-0.25, -0.2) is 4.39 Å². The van der Waals surface area contributed by atoms with E-state index < -0.39 is 0 Å². The summed E-state index contributed by atoms with van der Waals surface area (Å²) in [6.45, 7) is 2.38. The van der Waals surface area contributed by atoms with Gasteiger partial charge in [0.1, 0.15) is 18.2 Å². The molecular weight excluding hydrogens is 301 g/mol. The van der Waals surface area contributed by atoms with Gasteiger partial charge in [-0.1, -0.05) is 42.0 Å². The third-order valence-electron chi connectivity index (χ3n) is 3.55. The zero-order valence-electron chi connectivity index (χ0n) is 13.4. The number of hydrogen-bond acceptors (Lipinski definition) is 2. The third-order valence-corrected chi connectivity index (χ3v) is 3.55. The molecule has 0 heterocycles. The maximum absolute atomic E-state index is 13.2. The van der Waals surface area contributed by atoms with Crippen molar-refractivity contribution in [3.05, 3.63) is 95.3 Å². The maximum atomic E-state index is 13.2. The molecule has 0 N–H and O–H groups in total. The lowest BCUT2D eigenvalue weighted by Gasteiger charge is -2.07. The quantitative estimate of drug-likeness (QED) is 0.572. The Kier molecular flexibility index (Phi) is 5.02. The molecule has 0 spiro atoms. The molecule has 3 aromatic carbocycles. The van der Waals surface area contributed by atoms with Crippen molar-refractivity contribution in [2.24, 2.45) is 4.99 Å². The van der Waals surface area contributed by atoms with Crippen LogP contribution >= 0.6 is 0 Å². The van der Waals surface area contributed by atoms with Crippen LogP contribution in [0.2, 0.25) is 0 Å². The highest BCUT2D eigenvalue weighted by molar-refractivity contribution is 5.82. The average Bonchev–Trinajstić information content (AvgIpc) is 2.60. The fourth-order valence-corrected chi connectivity index (χ4v) is 2.26. The Morgan fingerprint density at radius 1 is 0.958 bits per heavy atom. The van der Waals surface area contributed by atoms with Gasteiger partial charge in [0, 0.05) is 6.21 Å². The number of nitrogens with zero attached hydrogens (tertiary/aromatic N) is 1. The molecule has 0 saturated carbocycles. The Hall–Kier alpha value is -2.94. The van der Waals surface area contributed by atoms with Crippen molar-refractivity contribution in [1.29, 1.82) is 0 Å². The minimum absolute atomic E-state index is 0.255. The number of aryl methyl sites for hydroxylation is 1. The van der Waals surface area contributed by atoms with Crippen molar-refractivity contribution in [1.82, 2.24) is 0 Å². The van der Waals surface area contributed by atoms with Gasteiger partial charge in [0.2, 0.25) is 0 Å². The second kappa shape index (κ2) is 7.55. The van der Waals surface area contributed by atoms with E-state index in [2.05, 4.69) is 4.99 Å². The van der Waals surface area contributed by atoms with Crippen LogP contribution in [0.5, 0.6) is 5.75 Å². The smallest absolute Gasteiger partial charge is 0.123 e. The normalized spacial score (nSPS) is 10.9. The topological polar surface area (TPSA) is 21.6 Å². The molecule has 0 amide bonds. The van der Waals surface area contributed by atoms with Crippen molar-refractivity contribution in [2.75, 3.05) is 0 Å². The van der Waals surface area contributed by atoms with E-state index in [-0.39, 0.29) is 5.82 Å². The van der Waals surface area contributed by atoms with Crippen molar-refractivity contribution >= 4 is 11.9 Å². The molecule has 2 nitrogen and oxygen atoms in total. The van der Waals surface area contributed by atoms with E-state index in [1.54, 1.807) is 12.3 Å². The summed E-state index contributed by atoms with van der Waals surface area (Å²) in [6.07, 6.45) is 1.81. The van der Waals surface area contributed by atoms with Crippen LogP contribution in [0.25, 0.3) is 0 Å². The largest absolute Gasteiger partial charge is 0.489 e. The highest BCUT2D eigenvalue weighted by Gasteiger charge is 1.99. The summed E-state index contributed by atoms with van der Waals surface area (Å²) in [7, 11) is 0. The SMILES string of the molecule is Cc1ccc(N=Cc2cccc(OCc3cccc(F)c3)c2)cc1. The van der Waals surface area contributed by atoms with Crippen LogP contribution in [0, 0.1) is 12.7 Å². The van der Waals surface area contributed by atoms with Gasteiger partial charge in [0.05, 0.1) is 5.69 Å². The standard InChI is InChI=1S/C21H18FNO/c1-16-8-10-20(11-9-16)23-14-17-4-3-7-21(13-17)24-15-18-5-2-6-19(22)12-18/h2-14H,15H2,1H3. The molecule has 0 atom stereocenters. The summed E-state index contributed by atoms with van der Waals surface area (Å²) in [5.41, 5.74) is 3.87. The molecule has 0 bridgehead atoms. The first-order valence-electron chi connectivity index (χ1n) is 7.77. The van der Waals surface area contributed by atoms with E-state index in [1.807, 2.05) is 61.5 Å². The average molecular weight is 319 g/mol. The summed E-state index contributed by atoms with van der Waals surface area (Å²) >= 11 is 0. The number of aliphatic imine (C=N–C) groups is 1. The number of rotatable bonds is 5. The molecular formula is C21H18FNO. The molecule has 24 heavy (non-hydrogen) atoms. The molecule has 0 radical (unpaired) electrons. The summed E-state index contributed by atoms with van der Waals surface area (Å²) in [5.74, 6) is 0.474. The van der Waals surface area contributed by atoms with Gasteiger partial charge in [-0.3, -0.25) is 4.99 Å². The first-order chi connectivity index (χ1) is 11.7. The Morgan fingerprint density at radius 3 is 2.54 bits per heavy atom. The van der Waals surface area contributed by atoms with Gasteiger partial charge >= 0.3 is 0 Å². The summed E-state index contributed by atoms with van der Waals surface area (Å²) < 4.78 is 18.9. The number of halogens is 1. The lowest BCUT2D eigenvalue weighted by molar-refractivity contribution is 0.305. The zero-order chi connectivity index (χ0) is 16.8. The van der Waals surface area contributed by atoms with E-state index in [9.17, 15) is 4.39 Å². The molecule has 3 aromatic rings. The van der Waals surface area contributed by atoms with E-state index in [4.69, 9.17) is 4.74 Å². The first kappa shape index (κ1) is 15.9. The lowest BCUT2D eigenvalue weighted by Crippen LogP contribution is -1.96. The molecule has 3 heteroatoms. The molecule has 120 valence electrons. The van der Waals surface area contributed by atoms with Gasteiger partial charge in [0.25, 0.3) is 0 Å². The van der Waals surface area contributed by atoms with E-state index in [0.29, 0.717) is 6.61 Å². The minimum atomic E-state index is -0.255. The predicted molar refractivity (Wildman–Crippen MR) is 95.6 cm³/mol. The van der Waals surface area contributed by atoms with Gasteiger partial charge < -0.3 is 4.74 Å². The van der Waals surface area contributed by atoms with Crippen LogP contribution in [-0.4, -0.2) is 6.21 Å².